The molecule has 1 aromatic carbocycles. The van der Waals surface area contributed by atoms with Gasteiger partial charge in [0.15, 0.2) is 0 Å². The molecule has 4 nitrogen and oxygen atoms in total. The fraction of sp³-hybridized carbons (Fsp3) is 0.333. The number of amides is 1. The summed E-state index contributed by atoms with van der Waals surface area (Å²) >= 11 is 6.94. The highest BCUT2D eigenvalue weighted by Crippen LogP contribution is 2.18. The van der Waals surface area contributed by atoms with Crippen LogP contribution in [0.25, 0.3) is 5.69 Å². The molecule has 0 saturated carbocycles. The van der Waals surface area contributed by atoms with Crippen LogP contribution in [-0.4, -0.2) is 31.9 Å². The molecule has 1 amide bonds. The summed E-state index contributed by atoms with van der Waals surface area (Å²) in [7, 11) is 0. The van der Waals surface area contributed by atoms with Gasteiger partial charge < -0.3 is 5.32 Å². The molecule has 0 atom stereocenters. The van der Waals surface area contributed by atoms with Crippen LogP contribution >= 0.6 is 31.9 Å². The van der Waals surface area contributed by atoms with Crippen molar-refractivity contribution in [1.29, 1.82) is 0 Å². The Kier molecular flexibility index (Phi) is 5.58. The Labute approximate surface area is 141 Å². The van der Waals surface area contributed by atoms with Crippen molar-refractivity contribution in [2.45, 2.75) is 18.9 Å². The number of alkyl halides is 2. The van der Waals surface area contributed by atoms with Gasteiger partial charge >= 0.3 is 0 Å². The van der Waals surface area contributed by atoms with Crippen molar-refractivity contribution in [2.24, 2.45) is 0 Å². The van der Waals surface area contributed by atoms with Crippen LogP contribution in [0.2, 0.25) is 0 Å². The summed E-state index contributed by atoms with van der Waals surface area (Å²) in [5.41, 5.74) is 1.20. The van der Waals surface area contributed by atoms with Crippen LogP contribution in [0, 0.1) is 0 Å². The van der Waals surface area contributed by atoms with Gasteiger partial charge in [-0.25, -0.2) is 4.68 Å². The number of aromatic nitrogens is 2. The van der Waals surface area contributed by atoms with Crippen molar-refractivity contribution in [1.82, 2.24) is 15.1 Å². The third kappa shape index (κ3) is 3.74. The van der Waals surface area contributed by atoms with E-state index in [0.717, 1.165) is 12.1 Å². The molecule has 0 saturated heterocycles. The number of nitrogens with one attached hydrogen (secondary N) is 1. The molecule has 0 unspecified atom stereocenters. The lowest BCUT2D eigenvalue weighted by Gasteiger charge is -2.29. The van der Waals surface area contributed by atoms with Crippen LogP contribution < -0.4 is 5.32 Å². The number of carbonyl (C=O) groups excluding carboxylic acids is 1. The van der Waals surface area contributed by atoms with E-state index in [1.807, 2.05) is 30.3 Å². The summed E-state index contributed by atoms with van der Waals surface area (Å²) in [5.74, 6) is -0.113. The van der Waals surface area contributed by atoms with Crippen LogP contribution in [0.5, 0.6) is 0 Å². The quantitative estimate of drug-likeness (QED) is 0.734. The molecule has 1 aromatic heterocycles. The number of para-hydroxylation sites is 1. The van der Waals surface area contributed by atoms with Crippen molar-refractivity contribution in [2.75, 3.05) is 10.7 Å². The van der Waals surface area contributed by atoms with Crippen molar-refractivity contribution in [3.05, 3.63) is 48.3 Å². The van der Waals surface area contributed by atoms with Gasteiger partial charge in [0.25, 0.3) is 5.91 Å². The Morgan fingerprint density at radius 2 is 1.95 bits per heavy atom. The van der Waals surface area contributed by atoms with Gasteiger partial charge in [-0.15, -0.1) is 0 Å². The standard InChI is InChI=1S/C15H17Br2N3O/c1-2-15(10-16,11-17)19-14(21)12-8-18-20(9-12)13-6-4-3-5-7-13/h3-9H,2,10-11H2,1H3,(H,19,21). The zero-order chi connectivity index (χ0) is 15.3. The van der Waals surface area contributed by atoms with E-state index in [9.17, 15) is 4.79 Å². The van der Waals surface area contributed by atoms with Crippen LogP contribution in [0.3, 0.4) is 0 Å². The summed E-state index contributed by atoms with van der Waals surface area (Å²) in [5, 5.41) is 8.71. The highest BCUT2D eigenvalue weighted by atomic mass is 79.9. The monoisotopic (exact) mass is 413 g/mol. The van der Waals surface area contributed by atoms with E-state index < -0.39 is 0 Å². The van der Waals surface area contributed by atoms with Crippen molar-refractivity contribution >= 4 is 37.8 Å². The zero-order valence-corrected chi connectivity index (χ0v) is 14.9. The van der Waals surface area contributed by atoms with Crippen LogP contribution in [0.15, 0.2) is 42.7 Å². The summed E-state index contributed by atoms with van der Waals surface area (Å²) in [6.07, 6.45) is 4.17. The first-order chi connectivity index (χ1) is 10.1. The minimum Gasteiger partial charge on any atom is -0.345 e. The molecule has 0 aliphatic carbocycles. The zero-order valence-electron chi connectivity index (χ0n) is 11.7. The predicted octanol–water partition coefficient (Wildman–Crippen LogP) is 3.54. The molecule has 1 N–H and O–H groups in total. The minimum absolute atomic E-state index is 0.113. The van der Waals surface area contributed by atoms with Crippen LogP contribution in [-0.2, 0) is 0 Å². The van der Waals surface area contributed by atoms with E-state index in [1.54, 1.807) is 17.1 Å². The van der Waals surface area contributed by atoms with Gasteiger partial charge in [-0.3, -0.25) is 4.79 Å². The average molecular weight is 415 g/mol. The third-order valence-corrected chi connectivity index (χ3v) is 5.58. The first kappa shape index (κ1) is 16.2. The Balaban J connectivity index is 2.16. The lowest BCUT2D eigenvalue weighted by molar-refractivity contribution is 0.0915. The lowest BCUT2D eigenvalue weighted by Crippen LogP contribution is -2.51. The van der Waals surface area contributed by atoms with Gasteiger partial charge in [0.1, 0.15) is 0 Å². The van der Waals surface area contributed by atoms with E-state index >= 15 is 0 Å². The van der Waals surface area contributed by atoms with E-state index in [1.165, 1.54) is 0 Å². The second kappa shape index (κ2) is 7.22. The molecule has 21 heavy (non-hydrogen) atoms. The Bertz CT molecular complexity index is 586. The van der Waals surface area contributed by atoms with E-state index in [0.29, 0.717) is 16.2 Å². The normalized spacial score (nSPS) is 11.4. The molecule has 0 radical (unpaired) electrons. The molecule has 0 aliphatic rings. The van der Waals surface area contributed by atoms with Gasteiger partial charge in [-0.1, -0.05) is 57.0 Å². The lowest BCUT2D eigenvalue weighted by atomic mass is 10.0. The summed E-state index contributed by atoms with van der Waals surface area (Å²) in [6.45, 7) is 2.05. The smallest absolute Gasteiger partial charge is 0.254 e. The topological polar surface area (TPSA) is 46.9 Å². The Morgan fingerprint density at radius 1 is 1.29 bits per heavy atom. The third-order valence-electron chi connectivity index (χ3n) is 3.43. The maximum atomic E-state index is 12.4. The van der Waals surface area contributed by atoms with E-state index in [2.05, 4.69) is 49.2 Å². The summed E-state index contributed by atoms with van der Waals surface area (Å²) in [6, 6.07) is 9.72. The van der Waals surface area contributed by atoms with Gasteiger partial charge in [-0.2, -0.15) is 5.10 Å². The molecule has 0 spiro atoms. The molecular weight excluding hydrogens is 398 g/mol. The fourth-order valence-corrected chi connectivity index (χ4v) is 3.86. The molecule has 6 heteroatoms. The van der Waals surface area contributed by atoms with Gasteiger partial charge in [0.05, 0.1) is 23.0 Å². The maximum absolute atomic E-state index is 12.4. The molecule has 0 fully saturated rings. The number of nitrogens with zero attached hydrogens (tertiary/aromatic N) is 2. The summed E-state index contributed by atoms with van der Waals surface area (Å²) < 4.78 is 1.70. The molecule has 0 bridgehead atoms. The minimum atomic E-state index is -0.286. The molecule has 2 rings (SSSR count). The predicted molar refractivity (Wildman–Crippen MR) is 91.6 cm³/mol. The fourth-order valence-electron chi connectivity index (χ4n) is 1.85. The molecule has 0 aliphatic heterocycles. The maximum Gasteiger partial charge on any atom is 0.254 e. The number of hydrogen-bond donors (Lipinski definition) is 1. The van der Waals surface area contributed by atoms with Gasteiger partial charge in [-0.05, 0) is 18.6 Å². The molecule has 2 aromatic rings. The van der Waals surface area contributed by atoms with Crippen molar-refractivity contribution < 1.29 is 4.79 Å². The Hall–Kier alpha value is -1.14. The number of hydrogen-bond acceptors (Lipinski definition) is 2. The van der Waals surface area contributed by atoms with Crippen molar-refractivity contribution in [3.63, 3.8) is 0 Å². The largest absolute Gasteiger partial charge is 0.345 e. The van der Waals surface area contributed by atoms with E-state index in [-0.39, 0.29) is 11.4 Å². The Morgan fingerprint density at radius 3 is 2.52 bits per heavy atom. The second-order valence-corrected chi connectivity index (χ2v) is 5.99. The first-order valence-corrected chi connectivity index (χ1v) is 8.93. The number of halogens is 2. The highest BCUT2D eigenvalue weighted by molar-refractivity contribution is 9.09. The summed E-state index contributed by atoms with van der Waals surface area (Å²) in [4.78, 5) is 12.4. The SMILES string of the molecule is CCC(CBr)(CBr)NC(=O)c1cnn(-c2ccccc2)c1. The average Bonchev–Trinajstić information content (AvgIpc) is 3.04. The van der Waals surface area contributed by atoms with Gasteiger partial charge in [0.2, 0.25) is 0 Å². The molecule has 112 valence electrons. The van der Waals surface area contributed by atoms with Crippen LogP contribution in [0.1, 0.15) is 23.7 Å². The number of rotatable bonds is 6. The molecule has 1 heterocycles. The van der Waals surface area contributed by atoms with Crippen LogP contribution in [0.4, 0.5) is 0 Å². The highest BCUT2D eigenvalue weighted by Gasteiger charge is 2.28. The van der Waals surface area contributed by atoms with Gasteiger partial charge in [0, 0.05) is 16.9 Å². The number of benzene rings is 1. The molecular formula is C15H17Br2N3O. The van der Waals surface area contributed by atoms with Crippen molar-refractivity contribution in [3.8, 4) is 5.69 Å². The first-order valence-electron chi connectivity index (χ1n) is 6.68. The van der Waals surface area contributed by atoms with E-state index in [4.69, 9.17) is 0 Å². The second-order valence-electron chi connectivity index (χ2n) is 4.86. The number of carbonyl (C=O) groups is 1.